The summed E-state index contributed by atoms with van der Waals surface area (Å²) in [6.45, 7) is 1.52. The summed E-state index contributed by atoms with van der Waals surface area (Å²) in [6.07, 6.45) is -2.41. The largest absolute Gasteiger partial charge is 0.416 e. The van der Waals surface area contributed by atoms with Crippen LogP contribution < -0.4 is 15.1 Å². The SMILES string of the molecule is CN(C(=O)CNc1cc(C(F)(F)F)ccc1N1CCCC1)c1ccccc1. The summed E-state index contributed by atoms with van der Waals surface area (Å²) in [5.41, 5.74) is 1.04. The quantitative estimate of drug-likeness (QED) is 0.840. The lowest BCUT2D eigenvalue weighted by Crippen LogP contribution is -2.32. The van der Waals surface area contributed by atoms with Crippen molar-refractivity contribution in [3.05, 3.63) is 54.1 Å². The molecule has 3 rings (SSSR count). The van der Waals surface area contributed by atoms with Gasteiger partial charge in [-0.2, -0.15) is 13.2 Å². The van der Waals surface area contributed by atoms with Crippen LogP contribution in [0.25, 0.3) is 0 Å². The van der Waals surface area contributed by atoms with Crippen molar-refractivity contribution in [2.75, 3.05) is 41.8 Å². The van der Waals surface area contributed by atoms with Crippen molar-refractivity contribution in [1.29, 1.82) is 0 Å². The van der Waals surface area contributed by atoms with Gasteiger partial charge in [-0.05, 0) is 43.2 Å². The summed E-state index contributed by atoms with van der Waals surface area (Å²) in [7, 11) is 1.65. The van der Waals surface area contributed by atoms with Crippen LogP contribution in [0.1, 0.15) is 18.4 Å². The first-order valence-corrected chi connectivity index (χ1v) is 8.88. The van der Waals surface area contributed by atoms with E-state index in [4.69, 9.17) is 0 Å². The van der Waals surface area contributed by atoms with E-state index in [1.807, 2.05) is 23.1 Å². The number of likely N-dealkylation sites (N-methyl/N-ethyl adjacent to an activating group) is 1. The summed E-state index contributed by atoms with van der Waals surface area (Å²) in [4.78, 5) is 16.0. The topological polar surface area (TPSA) is 35.6 Å². The number of nitrogens with one attached hydrogen (secondary N) is 1. The average Bonchev–Trinajstić information content (AvgIpc) is 3.19. The van der Waals surface area contributed by atoms with Crippen molar-refractivity contribution in [2.24, 2.45) is 0 Å². The zero-order chi connectivity index (χ0) is 19.4. The van der Waals surface area contributed by atoms with Gasteiger partial charge in [0.25, 0.3) is 0 Å². The molecule has 7 heteroatoms. The van der Waals surface area contributed by atoms with Crippen LogP contribution in [0.4, 0.5) is 30.2 Å². The highest BCUT2D eigenvalue weighted by atomic mass is 19.4. The third-order valence-corrected chi connectivity index (χ3v) is 4.72. The van der Waals surface area contributed by atoms with Crippen LogP contribution in [0.3, 0.4) is 0 Å². The van der Waals surface area contributed by atoms with Gasteiger partial charge in [0.05, 0.1) is 23.5 Å². The fourth-order valence-electron chi connectivity index (χ4n) is 3.17. The monoisotopic (exact) mass is 377 g/mol. The Morgan fingerprint density at radius 2 is 1.78 bits per heavy atom. The van der Waals surface area contributed by atoms with E-state index < -0.39 is 11.7 Å². The number of hydrogen-bond acceptors (Lipinski definition) is 3. The number of hydrogen-bond donors (Lipinski definition) is 1. The van der Waals surface area contributed by atoms with Gasteiger partial charge in [0, 0.05) is 25.8 Å². The summed E-state index contributed by atoms with van der Waals surface area (Å²) in [5, 5.41) is 2.92. The van der Waals surface area contributed by atoms with Crippen molar-refractivity contribution in [3.8, 4) is 0 Å². The molecule has 0 aliphatic carbocycles. The molecule has 1 aliphatic heterocycles. The molecule has 1 saturated heterocycles. The zero-order valence-electron chi connectivity index (χ0n) is 15.1. The molecule has 1 N–H and O–H groups in total. The fraction of sp³-hybridized carbons (Fsp3) is 0.350. The van der Waals surface area contributed by atoms with Crippen LogP contribution in [0.15, 0.2) is 48.5 Å². The molecular formula is C20H22F3N3O. The van der Waals surface area contributed by atoms with Gasteiger partial charge in [-0.3, -0.25) is 4.79 Å². The molecule has 27 heavy (non-hydrogen) atoms. The molecule has 4 nitrogen and oxygen atoms in total. The number of carbonyl (C=O) groups excluding carboxylic acids is 1. The minimum absolute atomic E-state index is 0.0897. The number of carbonyl (C=O) groups is 1. The summed E-state index contributed by atoms with van der Waals surface area (Å²) < 4.78 is 39.3. The Morgan fingerprint density at radius 3 is 2.41 bits per heavy atom. The highest BCUT2D eigenvalue weighted by Gasteiger charge is 2.31. The summed E-state index contributed by atoms with van der Waals surface area (Å²) in [6, 6.07) is 12.8. The van der Waals surface area contributed by atoms with Crippen molar-refractivity contribution in [1.82, 2.24) is 0 Å². The van der Waals surface area contributed by atoms with Gasteiger partial charge >= 0.3 is 6.18 Å². The molecule has 0 atom stereocenters. The first-order valence-electron chi connectivity index (χ1n) is 8.88. The molecule has 1 fully saturated rings. The van der Waals surface area contributed by atoms with Gasteiger partial charge in [-0.25, -0.2) is 0 Å². The van der Waals surface area contributed by atoms with Crippen LogP contribution in [0.5, 0.6) is 0 Å². The molecule has 0 bridgehead atoms. The number of halogens is 3. The van der Waals surface area contributed by atoms with E-state index in [0.717, 1.165) is 43.8 Å². The van der Waals surface area contributed by atoms with Gasteiger partial charge in [0.15, 0.2) is 0 Å². The molecule has 0 spiro atoms. The molecule has 144 valence electrons. The number of benzene rings is 2. The van der Waals surface area contributed by atoms with E-state index in [1.54, 1.807) is 19.2 Å². The smallest absolute Gasteiger partial charge is 0.374 e. The van der Waals surface area contributed by atoms with Crippen molar-refractivity contribution < 1.29 is 18.0 Å². The zero-order valence-corrected chi connectivity index (χ0v) is 15.1. The second-order valence-electron chi connectivity index (χ2n) is 6.57. The van der Waals surface area contributed by atoms with Crippen molar-refractivity contribution in [3.63, 3.8) is 0 Å². The van der Waals surface area contributed by atoms with E-state index in [1.165, 1.54) is 11.0 Å². The Bertz CT molecular complexity index is 787. The van der Waals surface area contributed by atoms with Crippen molar-refractivity contribution >= 4 is 23.0 Å². The summed E-state index contributed by atoms with van der Waals surface area (Å²) in [5.74, 6) is -0.231. The molecule has 0 unspecified atom stereocenters. The second kappa shape index (κ2) is 7.90. The van der Waals surface area contributed by atoms with Gasteiger partial charge in [-0.15, -0.1) is 0 Å². The number of para-hydroxylation sites is 1. The number of anilines is 3. The highest BCUT2D eigenvalue weighted by Crippen LogP contribution is 2.36. The lowest BCUT2D eigenvalue weighted by Gasteiger charge is -2.24. The average molecular weight is 377 g/mol. The maximum absolute atomic E-state index is 13.1. The maximum atomic E-state index is 13.1. The summed E-state index contributed by atoms with van der Waals surface area (Å²) >= 11 is 0. The standard InChI is InChI=1S/C20H22F3N3O/c1-25(16-7-3-2-4-8-16)19(27)14-24-17-13-15(20(21,22)23)9-10-18(17)26-11-5-6-12-26/h2-4,7-10,13,24H,5-6,11-12,14H2,1H3. The van der Waals surface area contributed by atoms with Gasteiger partial charge in [0.2, 0.25) is 5.91 Å². The third kappa shape index (κ3) is 4.53. The molecule has 0 saturated carbocycles. The Balaban J connectivity index is 1.78. The highest BCUT2D eigenvalue weighted by molar-refractivity contribution is 5.96. The van der Waals surface area contributed by atoms with E-state index >= 15 is 0 Å². The van der Waals surface area contributed by atoms with Crippen molar-refractivity contribution in [2.45, 2.75) is 19.0 Å². The molecular weight excluding hydrogens is 355 g/mol. The van der Waals surface area contributed by atoms with Crippen LogP contribution in [-0.2, 0) is 11.0 Å². The minimum atomic E-state index is -4.43. The molecule has 2 aromatic carbocycles. The molecule has 1 aliphatic rings. The number of nitrogens with zero attached hydrogens (tertiary/aromatic N) is 2. The van der Waals surface area contributed by atoms with Crippen LogP contribution in [-0.4, -0.2) is 32.6 Å². The van der Waals surface area contributed by atoms with Crippen LogP contribution >= 0.6 is 0 Å². The minimum Gasteiger partial charge on any atom is -0.374 e. The van der Waals surface area contributed by atoms with Crippen LogP contribution in [0.2, 0.25) is 0 Å². The van der Waals surface area contributed by atoms with E-state index in [2.05, 4.69) is 5.32 Å². The van der Waals surface area contributed by atoms with E-state index in [9.17, 15) is 18.0 Å². The number of amides is 1. The Kier molecular flexibility index (Phi) is 5.58. The molecule has 1 amide bonds. The van der Waals surface area contributed by atoms with Gasteiger partial charge in [0.1, 0.15) is 0 Å². The molecule has 0 radical (unpaired) electrons. The normalized spacial score (nSPS) is 14.3. The lowest BCUT2D eigenvalue weighted by atomic mass is 10.1. The van der Waals surface area contributed by atoms with Gasteiger partial charge in [-0.1, -0.05) is 18.2 Å². The predicted octanol–water partition coefficient (Wildman–Crippen LogP) is 4.38. The first kappa shape index (κ1) is 19.1. The van der Waals surface area contributed by atoms with Gasteiger partial charge < -0.3 is 15.1 Å². The third-order valence-electron chi connectivity index (χ3n) is 4.72. The number of rotatable bonds is 5. The first-order chi connectivity index (χ1) is 12.9. The van der Waals surface area contributed by atoms with Crippen LogP contribution in [0, 0.1) is 0 Å². The predicted molar refractivity (Wildman–Crippen MR) is 101 cm³/mol. The molecule has 1 heterocycles. The van der Waals surface area contributed by atoms with E-state index in [-0.39, 0.29) is 12.5 Å². The van der Waals surface area contributed by atoms with E-state index in [0.29, 0.717) is 11.4 Å². The molecule has 0 aromatic heterocycles. The molecule has 2 aromatic rings. The lowest BCUT2D eigenvalue weighted by molar-refractivity contribution is -0.137. The Hall–Kier alpha value is -2.70. The fourth-order valence-corrected chi connectivity index (χ4v) is 3.17. The number of alkyl halides is 3. The maximum Gasteiger partial charge on any atom is 0.416 e. The second-order valence-corrected chi connectivity index (χ2v) is 6.57. The Labute approximate surface area is 156 Å². The Morgan fingerprint density at radius 1 is 1.11 bits per heavy atom.